The lowest BCUT2D eigenvalue weighted by molar-refractivity contribution is 0.00283. The molecule has 0 saturated heterocycles. The molecule has 1 aromatic carbocycles. The minimum absolute atomic E-state index is 0.367. The van der Waals surface area contributed by atoms with E-state index in [1.54, 1.807) is 4.68 Å². The second-order valence-electron chi connectivity index (χ2n) is 6.95. The molecule has 0 spiro atoms. The Morgan fingerprint density at radius 1 is 1.22 bits per heavy atom. The lowest BCUT2D eigenvalue weighted by Gasteiger charge is -2.35. The van der Waals surface area contributed by atoms with E-state index in [1.165, 1.54) is 0 Å². The van der Waals surface area contributed by atoms with E-state index < -0.39 is 0 Å². The van der Waals surface area contributed by atoms with Gasteiger partial charge in [0.15, 0.2) is 0 Å². The molecule has 1 saturated carbocycles. The first kappa shape index (κ1) is 16.2. The maximum Gasteiger partial charge on any atom is 0.241 e. The number of ether oxygens (including phenoxy) is 1. The van der Waals surface area contributed by atoms with Crippen molar-refractivity contribution in [1.82, 2.24) is 29.6 Å². The van der Waals surface area contributed by atoms with Crippen molar-refractivity contribution in [3.8, 4) is 11.1 Å². The number of hydrogen-bond donors (Lipinski definition) is 1. The summed E-state index contributed by atoms with van der Waals surface area (Å²) in [6.45, 7) is 2.80. The van der Waals surface area contributed by atoms with Crippen LogP contribution in [-0.2, 0) is 11.8 Å². The van der Waals surface area contributed by atoms with Crippen LogP contribution in [0.5, 0.6) is 0 Å². The van der Waals surface area contributed by atoms with Gasteiger partial charge in [-0.25, -0.2) is 14.2 Å². The number of nitrogens with one attached hydrogen (secondary N) is 1. The van der Waals surface area contributed by atoms with Crippen molar-refractivity contribution in [2.75, 3.05) is 11.9 Å². The molecular weight excluding hydrogens is 342 g/mol. The Bertz CT molecular complexity index is 1110. The number of rotatable bonds is 5. The Balaban J connectivity index is 1.41. The molecule has 1 aliphatic rings. The normalized spacial score (nSPS) is 19.5. The van der Waals surface area contributed by atoms with Crippen LogP contribution in [0, 0.1) is 0 Å². The highest BCUT2D eigenvalue weighted by atomic mass is 16.5. The minimum Gasteiger partial charge on any atom is -0.378 e. The highest BCUT2D eigenvalue weighted by molar-refractivity contribution is 5.87. The average Bonchev–Trinajstić information content (AvgIpc) is 3.23. The number of hydrogen-bond acceptors (Lipinski definition) is 6. The quantitative estimate of drug-likeness (QED) is 0.587. The first-order chi connectivity index (χ1) is 13.2. The highest BCUT2D eigenvalue weighted by Gasteiger charge is 2.30. The Hall–Kier alpha value is -3.00. The smallest absolute Gasteiger partial charge is 0.241 e. The van der Waals surface area contributed by atoms with Gasteiger partial charge in [0.2, 0.25) is 5.95 Å². The number of aryl methyl sites for hydroxylation is 1. The van der Waals surface area contributed by atoms with Crippen LogP contribution in [0.2, 0.25) is 0 Å². The van der Waals surface area contributed by atoms with Crippen LogP contribution in [0.3, 0.4) is 0 Å². The van der Waals surface area contributed by atoms with E-state index in [4.69, 9.17) is 4.74 Å². The average molecular weight is 363 g/mol. The summed E-state index contributed by atoms with van der Waals surface area (Å²) in [6.07, 6.45) is 6.21. The zero-order valence-corrected chi connectivity index (χ0v) is 15.3. The van der Waals surface area contributed by atoms with Crippen LogP contribution >= 0.6 is 0 Å². The van der Waals surface area contributed by atoms with Gasteiger partial charge in [0.25, 0.3) is 0 Å². The van der Waals surface area contributed by atoms with Gasteiger partial charge in [0, 0.05) is 31.5 Å². The molecule has 0 unspecified atom stereocenters. The third-order valence-electron chi connectivity index (χ3n) is 5.17. The fourth-order valence-electron chi connectivity index (χ4n) is 3.65. The summed E-state index contributed by atoms with van der Waals surface area (Å²) in [5.41, 5.74) is 5.04. The Kier molecular flexibility index (Phi) is 3.78. The van der Waals surface area contributed by atoms with E-state index >= 15 is 0 Å². The first-order valence-corrected chi connectivity index (χ1v) is 9.23. The fourth-order valence-corrected chi connectivity index (χ4v) is 3.65. The summed E-state index contributed by atoms with van der Waals surface area (Å²) < 4.78 is 9.26. The molecule has 4 aromatic rings. The van der Waals surface area contributed by atoms with Gasteiger partial charge in [-0.15, -0.1) is 10.2 Å². The maximum absolute atomic E-state index is 5.60. The molecule has 0 aliphatic heterocycles. The van der Waals surface area contributed by atoms with Crippen molar-refractivity contribution in [1.29, 1.82) is 0 Å². The molecule has 0 bridgehead atoms. The summed E-state index contributed by atoms with van der Waals surface area (Å²) >= 11 is 0. The molecule has 138 valence electrons. The van der Waals surface area contributed by atoms with Crippen molar-refractivity contribution >= 4 is 22.5 Å². The summed E-state index contributed by atoms with van der Waals surface area (Å²) in [5, 5.41) is 16.2. The molecule has 0 radical (unpaired) electrons. The molecule has 3 aromatic heterocycles. The molecule has 5 rings (SSSR count). The number of fused-ring (bicyclic) bond motifs is 2. The van der Waals surface area contributed by atoms with Crippen molar-refractivity contribution in [3.05, 3.63) is 36.7 Å². The molecular formula is C19H21N7O. The van der Waals surface area contributed by atoms with Crippen molar-refractivity contribution in [3.63, 3.8) is 0 Å². The minimum atomic E-state index is 0.367. The molecule has 27 heavy (non-hydrogen) atoms. The van der Waals surface area contributed by atoms with Crippen LogP contribution in [-0.4, -0.2) is 48.3 Å². The molecule has 1 aliphatic carbocycles. The van der Waals surface area contributed by atoms with Crippen molar-refractivity contribution in [2.45, 2.75) is 31.9 Å². The number of aromatic nitrogens is 6. The van der Waals surface area contributed by atoms with Gasteiger partial charge < -0.3 is 10.1 Å². The van der Waals surface area contributed by atoms with Gasteiger partial charge in [0.05, 0.1) is 23.3 Å². The Morgan fingerprint density at radius 2 is 2.11 bits per heavy atom. The third-order valence-corrected chi connectivity index (χ3v) is 5.17. The number of benzene rings is 1. The van der Waals surface area contributed by atoms with Gasteiger partial charge in [-0.05, 0) is 43.5 Å². The lowest BCUT2D eigenvalue weighted by Crippen LogP contribution is -2.41. The molecule has 1 fully saturated rings. The second kappa shape index (κ2) is 6.31. The van der Waals surface area contributed by atoms with Gasteiger partial charge in [-0.3, -0.25) is 0 Å². The van der Waals surface area contributed by atoms with Gasteiger partial charge >= 0.3 is 0 Å². The summed E-state index contributed by atoms with van der Waals surface area (Å²) in [5.74, 6) is 0.649. The molecule has 0 atom stereocenters. The highest BCUT2D eigenvalue weighted by Crippen LogP contribution is 2.29. The summed E-state index contributed by atoms with van der Waals surface area (Å²) in [6, 6.07) is 8.59. The monoisotopic (exact) mass is 363 g/mol. The van der Waals surface area contributed by atoms with E-state index in [2.05, 4.69) is 43.9 Å². The second-order valence-corrected chi connectivity index (χ2v) is 6.95. The molecule has 0 amide bonds. The maximum atomic E-state index is 5.60. The lowest BCUT2D eigenvalue weighted by atomic mass is 9.89. The van der Waals surface area contributed by atoms with E-state index in [1.807, 2.05) is 36.9 Å². The third kappa shape index (κ3) is 2.82. The van der Waals surface area contributed by atoms with E-state index in [0.29, 0.717) is 18.1 Å². The van der Waals surface area contributed by atoms with Crippen LogP contribution in [0.1, 0.15) is 19.8 Å². The predicted molar refractivity (Wildman–Crippen MR) is 103 cm³/mol. The topological polar surface area (TPSA) is 82.2 Å². The zero-order valence-electron chi connectivity index (χ0n) is 15.3. The fraction of sp³-hybridized carbons (Fsp3) is 0.368. The SMILES string of the molecule is CCO[C@H]1C[C@@H](Nc2ncc3c(-c4ccc5nnn(C)c5c4)ccn3n2)C1. The Labute approximate surface area is 156 Å². The summed E-state index contributed by atoms with van der Waals surface area (Å²) in [4.78, 5) is 4.51. The number of anilines is 1. The van der Waals surface area contributed by atoms with E-state index in [-0.39, 0.29) is 0 Å². The van der Waals surface area contributed by atoms with Gasteiger partial charge in [-0.2, -0.15) is 0 Å². The van der Waals surface area contributed by atoms with Crippen LogP contribution in [0.25, 0.3) is 27.7 Å². The van der Waals surface area contributed by atoms with E-state index in [9.17, 15) is 0 Å². The molecule has 3 heterocycles. The largest absolute Gasteiger partial charge is 0.378 e. The van der Waals surface area contributed by atoms with Crippen LogP contribution < -0.4 is 5.32 Å². The molecule has 1 N–H and O–H groups in total. The molecule has 8 heteroatoms. The van der Waals surface area contributed by atoms with Gasteiger partial charge in [0.1, 0.15) is 5.52 Å². The van der Waals surface area contributed by atoms with Crippen LogP contribution in [0.4, 0.5) is 5.95 Å². The van der Waals surface area contributed by atoms with Crippen LogP contribution in [0.15, 0.2) is 36.7 Å². The zero-order chi connectivity index (χ0) is 18.4. The molecule has 8 nitrogen and oxygen atoms in total. The van der Waals surface area contributed by atoms with E-state index in [0.717, 1.165) is 47.1 Å². The van der Waals surface area contributed by atoms with Crippen molar-refractivity contribution < 1.29 is 4.74 Å². The first-order valence-electron chi connectivity index (χ1n) is 9.23. The standard InChI is InChI=1S/C19H21N7O/c1-3-27-14-9-13(10-14)21-19-20-11-18-15(6-7-26(18)23-19)12-4-5-16-17(8-12)25(2)24-22-16/h4-8,11,13-14H,3,9-10H2,1-2H3,(H,21,23)/t13-,14+. The Morgan fingerprint density at radius 3 is 2.96 bits per heavy atom. The van der Waals surface area contributed by atoms with Gasteiger partial charge in [-0.1, -0.05) is 11.3 Å². The number of nitrogens with zero attached hydrogens (tertiary/aromatic N) is 6. The van der Waals surface area contributed by atoms with Crippen molar-refractivity contribution in [2.24, 2.45) is 7.05 Å². The predicted octanol–water partition coefficient (Wildman–Crippen LogP) is 2.66. The summed E-state index contributed by atoms with van der Waals surface area (Å²) in [7, 11) is 1.90.